The number of hydrogen-bond acceptors (Lipinski definition) is 2. The Kier molecular flexibility index (Phi) is 5.12. The molecule has 2 fully saturated rings. The largest absolute Gasteiger partial charge is 0.481 e. The van der Waals surface area contributed by atoms with E-state index in [-0.39, 0.29) is 12.1 Å². The van der Waals surface area contributed by atoms with Crippen molar-refractivity contribution in [2.24, 2.45) is 11.3 Å². The summed E-state index contributed by atoms with van der Waals surface area (Å²) in [5.41, 5.74) is 0.481. The highest BCUT2D eigenvalue weighted by Gasteiger charge is 2.37. The first-order valence-corrected chi connectivity index (χ1v) is 8.22. The monoisotopic (exact) mass is 296 g/mol. The topological polar surface area (TPSA) is 69.6 Å². The Bertz CT molecular complexity index is 381. The predicted octanol–water partition coefficient (Wildman–Crippen LogP) is 2.85. The molecule has 2 unspecified atom stereocenters. The van der Waals surface area contributed by atoms with Gasteiger partial charge in [0.1, 0.15) is 0 Å². The molecule has 1 aliphatic heterocycles. The molecular formula is C16H28N2O3. The van der Waals surface area contributed by atoms with Gasteiger partial charge in [0, 0.05) is 19.1 Å². The molecule has 1 spiro atoms. The van der Waals surface area contributed by atoms with Crippen LogP contribution in [0, 0.1) is 11.3 Å². The standard InChI is InChI=1S/C16H28N2O3/c1-12(14(19)20)13(2)17-15(21)18-10-8-16(9-11-18)6-4-3-5-7-16/h12-13H,3-11H2,1-2H3,(H,17,21)(H,19,20). The highest BCUT2D eigenvalue weighted by molar-refractivity contribution is 5.76. The zero-order chi connectivity index (χ0) is 15.5. The lowest BCUT2D eigenvalue weighted by atomic mass is 9.68. The number of carbonyl (C=O) groups is 2. The number of urea groups is 1. The van der Waals surface area contributed by atoms with E-state index in [1.165, 1.54) is 32.1 Å². The second-order valence-corrected chi connectivity index (χ2v) is 6.91. The summed E-state index contributed by atoms with van der Waals surface area (Å²) in [6.45, 7) is 4.99. The third-order valence-corrected chi connectivity index (χ3v) is 5.52. The van der Waals surface area contributed by atoms with E-state index in [9.17, 15) is 9.59 Å². The molecule has 1 saturated heterocycles. The van der Waals surface area contributed by atoms with Gasteiger partial charge in [-0.3, -0.25) is 4.79 Å². The molecule has 0 radical (unpaired) electrons. The lowest BCUT2D eigenvalue weighted by molar-refractivity contribution is -0.141. The van der Waals surface area contributed by atoms with Crippen molar-refractivity contribution < 1.29 is 14.7 Å². The highest BCUT2D eigenvalue weighted by atomic mass is 16.4. The first-order valence-electron chi connectivity index (χ1n) is 8.22. The van der Waals surface area contributed by atoms with Crippen molar-refractivity contribution in [2.75, 3.05) is 13.1 Å². The summed E-state index contributed by atoms with van der Waals surface area (Å²) in [4.78, 5) is 25.0. The maximum Gasteiger partial charge on any atom is 0.317 e. The van der Waals surface area contributed by atoms with Gasteiger partial charge >= 0.3 is 12.0 Å². The molecule has 120 valence electrons. The Morgan fingerprint density at radius 2 is 1.62 bits per heavy atom. The van der Waals surface area contributed by atoms with E-state index in [1.54, 1.807) is 13.8 Å². The van der Waals surface area contributed by atoms with Crippen LogP contribution in [0.25, 0.3) is 0 Å². The summed E-state index contributed by atoms with van der Waals surface area (Å²) in [6, 6.07) is -0.457. The summed E-state index contributed by atoms with van der Waals surface area (Å²) in [6.07, 6.45) is 8.85. The molecule has 2 amide bonds. The predicted molar refractivity (Wildman–Crippen MR) is 81.1 cm³/mol. The molecule has 1 heterocycles. The van der Waals surface area contributed by atoms with E-state index in [4.69, 9.17) is 5.11 Å². The molecule has 5 heteroatoms. The van der Waals surface area contributed by atoms with Gasteiger partial charge in [0.15, 0.2) is 0 Å². The lowest BCUT2D eigenvalue weighted by Crippen LogP contribution is -2.51. The molecule has 2 rings (SSSR count). The fraction of sp³-hybridized carbons (Fsp3) is 0.875. The number of piperidine rings is 1. The molecule has 0 aromatic carbocycles. The van der Waals surface area contributed by atoms with Crippen molar-refractivity contribution in [3.63, 3.8) is 0 Å². The average molecular weight is 296 g/mol. The molecule has 21 heavy (non-hydrogen) atoms. The number of aliphatic carboxylic acids is 1. The van der Waals surface area contributed by atoms with E-state index in [0.29, 0.717) is 5.41 Å². The summed E-state index contributed by atoms with van der Waals surface area (Å²) in [5.74, 6) is -1.44. The Morgan fingerprint density at radius 3 is 2.14 bits per heavy atom. The Balaban J connectivity index is 1.81. The summed E-state index contributed by atoms with van der Waals surface area (Å²) in [7, 11) is 0. The van der Waals surface area contributed by atoms with Crippen LogP contribution in [0.4, 0.5) is 4.79 Å². The van der Waals surface area contributed by atoms with Gasteiger partial charge in [-0.2, -0.15) is 0 Å². The summed E-state index contributed by atoms with van der Waals surface area (Å²) < 4.78 is 0. The molecule has 1 aliphatic carbocycles. The SMILES string of the molecule is CC(NC(=O)N1CCC2(CCCCC2)CC1)C(C)C(=O)O. The van der Waals surface area contributed by atoms with Crippen LogP contribution in [0.1, 0.15) is 58.8 Å². The molecule has 1 saturated carbocycles. The number of amides is 2. The maximum atomic E-state index is 12.2. The smallest absolute Gasteiger partial charge is 0.317 e. The third-order valence-electron chi connectivity index (χ3n) is 5.52. The molecule has 2 N–H and O–H groups in total. The molecule has 2 aliphatic rings. The molecule has 2 atom stereocenters. The summed E-state index contributed by atoms with van der Waals surface area (Å²) >= 11 is 0. The first-order chi connectivity index (χ1) is 9.93. The van der Waals surface area contributed by atoms with Crippen LogP contribution in [-0.2, 0) is 4.79 Å². The number of carboxylic acid groups (broad SMARTS) is 1. The number of carboxylic acids is 1. The highest BCUT2D eigenvalue weighted by Crippen LogP contribution is 2.44. The zero-order valence-electron chi connectivity index (χ0n) is 13.2. The molecule has 5 nitrogen and oxygen atoms in total. The lowest BCUT2D eigenvalue weighted by Gasteiger charge is -2.44. The van der Waals surface area contributed by atoms with Crippen molar-refractivity contribution in [3.8, 4) is 0 Å². The minimum absolute atomic E-state index is 0.110. The van der Waals surface area contributed by atoms with Crippen LogP contribution in [0.2, 0.25) is 0 Å². The van der Waals surface area contributed by atoms with E-state index in [0.717, 1.165) is 25.9 Å². The van der Waals surface area contributed by atoms with Crippen molar-refractivity contribution in [3.05, 3.63) is 0 Å². The minimum Gasteiger partial charge on any atom is -0.481 e. The number of likely N-dealkylation sites (tertiary alicyclic amines) is 1. The molecule has 0 aromatic rings. The van der Waals surface area contributed by atoms with Crippen molar-refractivity contribution in [2.45, 2.75) is 64.8 Å². The average Bonchev–Trinajstić information content (AvgIpc) is 2.47. The van der Waals surface area contributed by atoms with E-state index in [1.807, 2.05) is 4.90 Å². The normalized spacial score (nSPS) is 24.4. The van der Waals surface area contributed by atoms with Crippen molar-refractivity contribution >= 4 is 12.0 Å². The van der Waals surface area contributed by atoms with Crippen LogP contribution < -0.4 is 5.32 Å². The molecular weight excluding hydrogens is 268 g/mol. The Hall–Kier alpha value is -1.26. The number of hydrogen-bond donors (Lipinski definition) is 2. The minimum atomic E-state index is -0.873. The maximum absolute atomic E-state index is 12.2. The van der Waals surface area contributed by atoms with Gasteiger partial charge in [0.2, 0.25) is 0 Å². The van der Waals surface area contributed by atoms with Crippen LogP contribution >= 0.6 is 0 Å². The van der Waals surface area contributed by atoms with Gasteiger partial charge in [-0.15, -0.1) is 0 Å². The number of rotatable bonds is 3. The van der Waals surface area contributed by atoms with Gasteiger partial charge in [-0.25, -0.2) is 4.79 Å². The molecule has 0 bridgehead atoms. The first kappa shape index (κ1) is 16.1. The Morgan fingerprint density at radius 1 is 1.05 bits per heavy atom. The van der Waals surface area contributed by atoms with Crippen molar-refractivity contribution in [1.29, 1.82) is 0 Å². The quantitative estimate of drug-likeness (QED) is 0.841. The third kappa shape index (κ3) is 3.89. The molecule has 0 aromatic heterocycles. The second-order valence-electron chi connectivity index (χ2n) is 6.91. The zero-order valence-corrected chi connectivity index (χ0v) is 13.2. The fourth-order valence-corrected chi connectivity index (χ4v) is 3.61. The van der Waals surface area contributed by atoms with Crippen molar-refractivity contribution in [1.82, 2.24) is 10.2 Å². The number of nitrogens with zero attached hydrogens (tertiary/aromatic N) is 1. The van der Waals surface area contributed by atoms with Crippen LogP contribution in [0.15, 0.2) is 0 Å². The van der Waals surface area contributed by atoms with Gasteiger partial charge in [0.25, 0.3) is 0 Å². The fourth-order valence-electron chi connectivity index (χ4n) is 3.61. The second kappa shape index (κ2) is 6.67. The van der Waals surface area contributed by atoms with Gasteiger partial charge < -0.3 is 15.3 Å². The number of carbonyl (C=O) groups excluding carboxylic acids is 1. The van der Waals surface area contributed by atoms with Gasteiger partial charge in [0.05, 0.1) is 5.92 Å². The van der Waals surface area contributed by atoms with Crippen LogP contribution in [0.5, 0.6) is 0 Å². The van der Waals surface area contributed by atoms with Gasteiger partial charge in [-0.1, -0.05) is 19.3 Å². The van der Waals surface area contributed by atoms with E-state index < -0.39 is 11.9 Å². The number of nitrogens with one attached hydrogen (secondary N) is 1. The van der Waals surface area contributed by atoms with Crippen LogP contribution in [0.3, 0.4) is 0 Å². The van der Waals surface area contributed by atoms with Crippen LogP contribution in [-0.4, -0.2) is 41.1 Å². The summed E-state index contributed by atoms with van der Waals surface area (Å²) in [5, 5.41) is 11.8. The Labute approximate surface area is 127 Å². The van der Waals surface area contributed by atoms with E-state index in [2.05, 4.69) is 5.32 Å². The van der Waals surface area contributed by atoms with E-state index >= 15 is 0 Å². The van der Waals surface area contributed by atoms with Gasteiger partial charge in [-0.05, 0) is 44.9 Å².